The molecular weight excluding hydrogens is 496 g/mol. The summed E-state index contributed by atoms with van der Waals surface area (Å²) >= 11 is 0. The molecule has 36 heavy (non-hydrogen) atoms. The molecule has 2 heterocycles. The lowest BCUT2D eigenvalue weighted by atomic mass is 10.1. The number of halogens is 6. The highest BCUT2D eigenvalue weighted by Gasteiger charge is 2.41. The van der Waals surface area contributed by atoms with E-state index in [1.807, 2.05) is 0 Å². The quantitative estimate of drug-likeness (QED) is 0.237. The van der Waals surface area contributed by atoms with Gasteiger partial charge in [0.2, 0.25) is 5.82 Å². The fourth-order valence-electron chi connectivity index (χ4n) is 3.45. The average Bonchev–Trinajstić information content (AvgIpc) is 3.45. The van der Waals surface area contributed by atoms with Crippen LogP contribution in [0.15, 0.2) is 53.2 Å². The predicted octanol–water partition coefficient (Wildman–Crippen LogP) is 5.88. The number of fused-ring (bicyclic) bond motifs is 1. The first-order valence-corrected chi connectivity index (χ1v) is 10.3. The van der Waals surface area contributed by atoms with Crippen LogP contribution in [0.25, 0.3) is 33.7 Å². The van der Waals surface area contributed by atoms with Crippen molar-refractivity contribution in [2.24, 2.45) is 0 Å². The number of alkyl halides is 6. The molecule has 0 saturated heterocycles. The second kappa shape index (κ2) is 9.21. The van der Waals surface area contributed by atoms with Crippen LogP contribution in [-0.2, 0) is 22.3 Å². The number of carbonyl (C=O) groups excluding carboxylic acids is 1. The fourth-order valence-corrected chi connectivity index (χ4v) is 3.45. The smallest absolute Gasteiger partial charge is 0.425 e. The first kappa shape index (κ1) is 25.1. The summed E-state index contributed by atoms with van der Waals surface area (Å²) in [6.07, 6.45) is -10.7. The molecular formula is C23H17F6N3O4. The second-order valence-electron chi connectivity index (χ2n) is 7.69. The molecule has 0 fully saturated rings. The lowest BCUT2D eigenvalue weighted by molar-refractivity contribution is -0.191. The maximum atomic E-state index is 13.6. The lowest BCUT2D eigenvalue weighted by Gasteiger charge is -2.20. The van der Waals surface area contributed by atoms with Crippen LogP contribution >= 0.6 is 0 Å². The molecule has 1 unspecified atom stereocenters. The number of hydrogen-bond donors (Lipinski definition) is 0. The Labute approximate surface area is 199 Å². The number of nitrogens with zero attached hydrogens (tertiary/aromatic N) is 3. The van der Waals surface area contributed by atoms with E-state index in [1.165, 1.54) is 7.11 Å². The Morgan fingerprint density at radius 3 is 2.53 bits per heavy atom. The number of methoxy groups -OCH3 is 1. The summed E-state index contributed by atoms with van der Waals surface area (Å²) in [5.41, 5.74) is -0.439. The molecule has 1 atom stereocenters. The van der Waals surface area contributed by atoms with Crippen LogP contribution in [0.3, 0.4) is 0 Å². The fraction of sp³-hybridized carbons (Fsp3) is 0.261. The van der Waals surface area contributed by atoms with Gasteiger partial charge in [-0.25, -0.2) is 0 Å². The van der Waals surface area contributed by atoms with Gasteiger partial charge in [-0.15, -0.1) is 0 Å². The van der Waals surface area contributed by atoms with Crippen molar-refractivity contribution in [1.82, 2.24) is 14.7 Å². The summed E-state index contributed by atoms with van der Waals surface area (Å²) in [5.74, 6) is -1.66. The highest BCUT2D eigenvalue weighted by atomic mass is 19.4. The lowest BCUT2D eigenvalue weighted by Crippen LogP contribution is -2.31. The zero-order valence-corrected chi connectivity index (χ0v) is 18.6. The van der Waals surface area contributed by atoms with Crippen LogP contribution < -0.4 is 4.74 Å². The Hall–Kier alpha value is -4.03. The average molecular weight is 513 g/mol. The minimum atomic E-state index is -5.01. The van der Waals surface area contributed by atoms with Gasteiger partial charge in [-0.3, -0.25) is 4.79 Å². The Morgan fingerprint density at radius 1 is 1.11 bits per heavy atom. The highest BCUT2D eigenvalue weighted by molar-refractivity contribution is 5.94. The van der Waals surface area contributed by atoms with Gasteiger partial charge < -0.3 is 18.6 Å². The van der Waals surface area contributed by atoms with E-state index in [1.54, 1.807) is 35.0 Å². The van der Waals surface area contributed by atoms with Gasteiger partial charge in [-0.05, 0) is 37.3 Å². The third kappa shape index (κ3) is 4.99. The van der Waals surface area contributed by atoms with Crippen LogP contribution in [0.2, 0.25) is 0 Å². The summed E-state index contributed by atoms with van der Waals surface area (Å²) in [6.45, 7) is 0.569. The molecule has 0 radical (unpaired) electrons. The van der Waals surface area contributed by atoms with Crippen molar-refractivity contribution in [3.05, 3.63) is 54.2 Å². The molecule has 0 aliphatic carbocycles. The van der Waals surface area contributed by atoms with E-state index in [9.17, 15) is 31.1 Å². The highest BCUT2D eigenvalue weighted by Crippen LogP contribution is 2.40. The maximum Gasteiger partial charge on any atom is 0.425 e. The van der Waals surface area contributed by atoms with E-state index in [4.69, 9.17) is 4.52 Å². The Balaban J connectivity index is 1.69. The third-order valence-corrected chi connectivity index (χ3v) is 5.30. The number of aromatic nitrogens is 3. The Kier molecular flexibility index (Phi) is 6.41. The van der Waals surface area contributed by atoms with Crippen LogP contribution in [0.1, 0.15) is 12.5 Å². The van der Waals surface area contributed by atoms with Crippen molar-refractivity contribution < 1.29 is 45.1 Å². The van der Waals surface area contributed by atoms with E-state index >= 15 is 0 Å². The van der Waals surface area contributed by atoms with Crippen LogP contribution in [-0.4, -0.2) is 40.1 Å². The molecule has 190 valence electrons. The molecule has 2 aromatic carbocycles. The van der Waals surface area contributed by atoms with Gasteiger partial charge >= 0.3 is 18.3 Å². The number of rotatable bonds is 6. The number of carbonyl (C=O) groups is 1. The van der Waals surface area contributed by atoms with Crippen LogP contribution in [0, 0.1) is 0 Å². The van der Waals surface area contributed by atoms with Crippen LogP contribution in [0.4, 0.5) is 26.3 Å². The van der Waals surface area contributed by atoms with Gasteiger partial charge in [0.05, 0.1) is 12.7 Å². The van der Waals surface area contributed by atoms with E-state index in [0.717, 1.165) is 12.1 Å². The van der Waals surface area contributed by atoms with Crippen molar-refractivity contribution in [2.75, 3.05) is 7.11 Å². The van der Waals surface area contributed by atoms with Crippen molar-refractivity contribution in [3.63, 3.8) is 0 Å². The number of ether oxygens (including phenoxy) is 2. The molecule has 0 N–H and O–H groups in total. The molecule has 13 heteroatoms. The number of benzene rings is 2. The van der Waals surface area contributed by atoms with Crippen LogP contribution in [0.5, 0.6) is 5.75 Å². The minimum Gasteiger partial charge on any atom is -0.481 e. The molecule has 0 amide bonds. The zero-order chi connectivity index (χ0) is 26.3. The zero-order valence-electron chi connectivity index (χ0n) is 18.6. The molecule has 0 saturated carbocycles. The van der Waals surface area contributed by atoms with Gasteiger partial charge in [0.25, 0.3) is 5.89 Å². The molecule has 0 spiro atoms. The van der Waals surface area contributed by atoms with E-state index < -0.39 is 35.7 Å². The summed E-state index contributed by atoms with van der Waals surface area (Å²) in [6, 6.07) is 9.26. The van der Waals surface area contributed by atoms with Crippen molar-refractivity contribution >= 4 is 16.9 Å². The minimum absolute atomic E-state index is 0.0391. The molecule has 0 bridgehead atoms. The number of esters is 1. The van der Waals surface area contributed by atoms with E-state index in [-0.39, 0.29) is 23.8 Å². The van der Waals surface area contributed by atoms with Crippen molar-refractivity contribution in [2.45, 2.75) is 31.9 Å². The molecule has 4 aromatic rings. The molecule has 0 aliphatic heterocycles. The topological polar surface area (TPSA) is 79.4 Å². The largest absolute Gasteiger partial charge is 0.481 e. The molecule has 2 aromatic heterocycles. The summed E-state index contributed by atoms with van der Waals surface area (Å²) in [4.78, 5) is 15.8. The predicted molar refractivity (Wildman–Crippen MR) is 114 cm³/mol. The summed E-state index contributed by atoms with van der Waals surface area (Å²) in [7, 11) is 1.26. The molecule has 0 aliphatic rings. The second-order valence-corrected chi connectivity index (χ2v) is 7.69. The monoisotopic (exact) mass is 513 g/mol. The summed E-state index contributed by atoms with van der Waals surface area (Å²) < 4.78 is 95.2. The third-order valence-electron chi connectivity index (χ3n) is 5.30. The Bertz CT molecular complexity index is 1410. The van der Waals surface area contributed by atoms with Crippen molar-refractivity contribution in [3.8, 4) is 28.6 Å². The van der Waals surface area contributed by atoms with Gasteiger partial charge in [0.1, 0.15) is 12.3 Å². The van der Waals surface area contributed by atoms with Gasteiger partial charge in [0, 0.05) is 28.2 Å². The summed E-state index contributed by atoms with van der Waals surface area (Å²) in [5, 5.41) is 4.49. The Morgan fingerprint density at radius 2 is 1.86 bits per heavy atom. The molecule has 7 nitrogen and oxygen atoms in total. The number of hydrogen-bond acceptors (Lipinski definition) is 6. The molecule has 4 rings (SSSR count). The SMILES string of the molecule is COC(=O)Cn1ccc2c(-c3noc(-c4ccc(OC(C)C(F)(F)F)c(C(F)(F)F)c4)n3)cccc21. The van der Waals surface area contributed by atoms with E-state index in [0.29, 0.717) is 29.5 Å². The van der Waals surface area contributed by atoms with Gasteiger partial charge in [-0.2, -0.15) is 31.3 Å². The van der Waals surface area contributed by atoms with Gasteiger partial charge in [0.15, 0.2) is 6.10 Å². The first-order chi connectivity index (χ1) is 16.9. The first-order valence-electron chi connectivity index (χ1n) is 10.3. The van der Waals surface area contributed by atoms with Crippen molar-refractivity contribution in [1.29, 1.82) is 0 Å². The maximum absolute atomic E-state index is 13.6. The van der Waals surface area contributed by atoms with E-state index in [2.05, 4.69) is 19.6 Å². The van der Waals surface area contributed by atoms with Gasteiger partial charge in [-0.1, -0.05) is 17.3 Å². The normalized spacial score (nSPS) is 13.1. The standard InChI is InChI=1S/C23H17F6N3O4/c1-12(22(24,25)26)35-18-7-6-13(10-16(18)23(27,28)29)21-30-20(31-36-21)15-4-3-5-17-14(15)8-9-32(17)11-19(33)34-2/h3-10,12H,11H2,1-2H3.